The zero-order valence-electron chi connectivity index (χ0n) is 6.45. The topological polar surface area (TPSA) is 26.3 Å². The van der Waals surface area contributed by atoms with Crippen molar-refractivity contribution < 1.29 is 9.53 Å². The normalized spacial score (nSPS) is 52.9. The van der Waals surface area contributed by atoms with Gasteiger partial charge in [0, 0.05) is 5.92 Å². The Hall–Kier alpha value is -0.530. The number of hydrogen-bond donors (Lipinski definition) is 0. The van der Waals surface area contributed by atoms with E-state index in [0.29, 0.717) is 18.4 Å². The molecule has 0 aromatic rings. The Kier molecular flexibility index (Phi) is 0.984. The Balaban J connectivity index is 1.92. The van der Waals surface area contributed by atoms with Crippen molar-refractivity contribution in [3.05, 3.63) is 0 Å². The predicted molar refractivity (Wildman–Crippen MR) is 38.8 cm³/mol. The van der Waals surface area contributed by atoms with E-state index in [-0.39, 0.29) is 5.97 Å². The van der Waals surface area contributed by atoms with Crippen LogP contribution in [0.1, 0.15) is 25.7 Å². The highest BCUT2D eigenvalue weighted by Crippen LogP contribution is 2.53. The highest BCUT2D eigenvalue weighted by Gasteiger charge is 2.53. The molecule has 3 rings (SSSR count). The van der Waals surface area contributed by atoms with Crippen LogP contribution in [-0.4, -0.2) is 12.1 Å². The van der Waals surface area contributed by atoms with Crippen LogP contribution in [0.5, 0.6) is 0 Å². The minimum Gasteiger partial charge on any atom is -0.462 e. The Labute approximate surface area is 65.9 Å². The van der Waals surface area contributed by atoms with E-state index in [1.165, 1.54) is 19.3 Å². The first-order chi connectivity index (χ1) is 5.34. The van der Waals surface area contributed by atoms with Gasteiger partial charge in [-0.15, -0.1) is 0 Å². The molecule has 11 heavy (non-hydrogen) atoms. The summed E-state index contributed by atoms with van der Waals surface area (Å²) in [7, 11) is 0. The molecule has 1 heterocycles. The van der Waals surface area contributed by atoms with Crippen LogP contribution in [0.4, 0.5) is 0 Å². The fourth-order valence-electron chi connectivity index (χ4n) is 3.22. The van der Waals surface area contributed by atoms with Crippen molar-refractivity contribution in [1.82, 2.24) is 0 Å². The molecule has 1 aliphatic heterocycles. The SMILES string of the molecule is O=C1C[C@@H]2[C@@H]3CC[C@@H](C3)[C@@H]2O1. The van der Waals surface area contributed by atoms with E-state index in [0.717, 1.165) is 11.8 Å². The second-order valence-corrected chi connectivity index (χ2v) is 4.16. The lowest BCUT2D eigenvalue weighted by atomic mass is 9.86. The van der Waals surface area contributed by atoms with Crippen LogP contribution in [0.3, 0.4) is 0 Å². The van der Waals surface area contributed by atoms with Crippen molar-refractivity contribution >= 4 is 5.97 Å². The molecule has 3 aliphatic rings. The number of hydrogen-bond acceptors (Lipinski definition) is 2. The lowest BCUT2D eigenvalue weighted by Crippen LogP contribution is -2.23. The lowest BCUT2D eigenvalue weighted by molar-refractivity contribution is -0.143. The van der Waals surface area contributed by atoms with Crippen LogP contribution < -0.4 is 0 Å². The number of ether oxygens (including phenoxy) is 1. The van der Waals surface area contributed by atoms with E-state index in [1.807, 2.05) is 0 Å². The quantitative estimate of drug-likeness (QED) is 0.490. The first-order valence-corrected chi connectivity index (χ1v) is 4.54. The molecule has 0 N–H and O–H groups in total. The smallest absolute Gasteiger partial charge is 0.306 e. The molecular formula is C9H12O2. The summed E-state index contributed by atoms with van der Waals surface area (Å²) >= 11 is 0. The summed E-state index contributed by atoms with van der Waals surface area (Å²) in [6.45, 7) is 0. The van der Waals surface area contributed by atoms with Crippen LogP contribution in [0, 0.1) is 17.8 Å². The van der Waals surface area contributed by atoms with E-state index in [2.05, 4.69) is 0 Å². The highest BCUT2D eigenvalue weighted by molar-refractivity contribution is 5.72. The van der Waals surface area contributed by atoms with Gasteiger partial charge in [0.15, 0.2) is 0 Å². The molecular weight excluding hydrogens is 140 g/mol. The van der Waals surface area contributed by atoms with Crippen LogP contribution in [-0.2, 0) is 9.53 Å². The second-order valence-electron chi connectivity index (χ2n) is 4.16. The number of fused-ring (bicyclic) bond motifs is 5. The van der Waals surface area contributed by atoms with Gasteiger partial charge in [0.05, 0.1) is 6.42 Å². The van der Waals surface area contributed by atoms with Gasteiger partial charge in [0.1, 0.15) is 6.10 Å². The summed E-state index contributed by atoms with van der Waals surface area (Å²) in [5.74, 6) is 2.23. The average molecular weight is 152 g/mol. The van der Waals surface area contributed by atoms with Gasteiger partial charge in [-0.25, -0.2) is 0 Å². The first kappa shape index (κ1) is 6.04. The van der Waals surface area contributed by atoms with E-state index in [4.69, 9.17) is 4.74 Å². The fraction of sp³-hybridized carbons (Fsp3) is 0.889. The Morgan fingerprint density at radius 2 is 2.09 bits per heavy atom. The minimum absolute atomic E-state index is 0.0524. The molecule has 2 saturated carbocycles. The number of esters is 1. The first-order valence-electron chi connectivity index (χ1n) is 4.54. The molecule has 2 nitrogen and oxygen atoms in total. The van der Waals surface area contributed by atoms with Gasteiger partial charge in [-0.3, -0.25) is 4.79 Å². The largest absolute Gasteiger partial charge is 0.462 e. The second kappa shape index (κ2) is 1.79. The van der Waals surface area contributed by atoms with Crippen molar-refractivity contribution in [2.75, 3.05) is 0 Å². The van der Waals surface area contributed by atoms with Gasteiger partial charge in [-0.05, 0) is 31.1 Å². The van der Waals surface area contributed by atoms with Gasteiger partial charge in [0.2, 0.25) is 0 Å². The maximum Gasteiger partial charge on any atom is 0.306 e. The van der Waals surface area contributed by atoms with Crippen molar-refractivity contribution in [3.8, 4) is 0 Å². The van der Waals surface area contributed by atoms with E-state index in [9.17, 15) is 4.79 Å². The maximum atomic E-state index is 11.0. The van der Waals surface area contributed by atoms with Crippen molar-refractivity contribution in [2.45, 2.75) is 31.8 Å². The Morgan fingerprint density at radius 1 is 1.27 bits per heavy atom. The lowest BCUT2D eigenvalue weighted by Gasteiger charge is -2.21. The molecule has 0 aromatic carbocycles. The van der Waals surface area contributed by atoms with Gasteiger partial charge in [-0.2, -0.15) is 0 Å². The highest BCUT2D eigenvalue weighted by atomic mass is 16.6. The van der Waals surface area contributed by atoms with E-state index < -0.39 is 0 Å². The molecule has 2 aliphatic carbocycles. The molecule has 0 amide bonds. The monoisotopic (exact) mass is 152 g/mol. The number of carbonyl (C=O) groups is 1. The van der Waals surface area contributed by atoms with E-state index >= 15 is 0 Å². The molecule has 2 bridgehead atoms. The predicted octanol–water partition coefficient (Wildman–Crippen LogP) is 1.35. The third-order valence-electron chi connectivity index (χ3n) is 3.68. The van der Waals surface area contributed by atoms with Crippen molar-refractivity contribution in [2.24, 2.45) is 17.8 Å². The molecule has 0 radical (unpaired) electrons. The van der Waals surface area contributed by atoms with E-state index in [1.54, 1.807) is 0 Å². The molecule has 4 atom stereocenters. The maximum absolute atomic E-state index is 11.0. The van der Waals surface area contributed by atoms with Crippen molar-refractivity contribution in [1.29, 1.82) is 0 Å². The molecule has 0 spiro atoms. The molecule has 3 fully saturated rings. The van der Waals surface area contributed by atoms with Crippen LogP contribution >= 0.6 is 0 Å². The fourth-order valence-corrected chi connectivity index (χ4v) is 3.22. The molecule has 1 saturated heterocycles. The molecule has 0 aromatic heterocycles. The summed E-state index contributed by atoms with van der Waals surface area (Å²) < 4.78 is 5.28. The summed E-state index contributed by atoms with van der Waals surface area (Å²) in [6.07, 6.45) is 5.04. The zero-order chi connectivity index (χ0) is 7.42. The minimum atomic E-state index is 0.0524. The van der Waals surface area contributed by atoms with Gasteiger partial charge >= 0.3 is 5.97 Å². The Bertz CT molecular complexity index is 192. The van der Waals surface area contributed by atoms with Gasteiger partial charge in [-0.1, -0.05) is 0 Å². The summed E-state index contributed by atoms with van der Waals surface area (Å²) in [6, 6.07) is 0. The molecule has 60 valence electrons. The third-order valence-corrected chi connectivity index (χ3v) is 3.68. The van der Waals surface area contributed by atoms with Crippen LogP contribution in [0.15, 0.2) is 0 Å². The third kappa shape index (κ3) is 0.652. The van der Waals surface area contributed by atoms with Crippen LogP contribution in [0.25, 0.3) is 0 Å². The van der Waals surface area contributed by atoms with Gasteiger partial charge < -0.3 is 4.74 Å². The van der Waals surface area contributed by atoms with Crippen molar-refractivity contribution in [3.63, 3.8) is 0 Å². The molecule has 2 heteroatoms. The standard InChI is InChI=1S/C9H12O2/c10-8-4-7-5-1-2-6(3-5)9(7)11-8/h5-7,9H,1-4H2/t5-,6+,7-,9+/m1/s1. The summed E-state index contributed by atoms with van der Waals surface area (Å²) in [4.78, 5) is 11.0. The Morgan fingerprint density at radius 3 is 2.91 bits per heavy atom. The summed E-state index contributed by atoms with van der Waals surface area (Å²) in [5, 5.41) is 0. The van der Waals surface area contributed by atoms with Gasteiger partial charge in [0.25, 0.3) is 0 Å². The summed E-state index contributed by atoms with van der Waals surface area (Å²) in [5.41, 5.74) is 0. The number of carbonyl (C=O) groups excluding carboxylic acids is 1. The van der Waals surface area contributed by atoms with Crippen LogP contribution in [0.2, 0.25) is 0 Å². The number of rotatable bonds is 0. The molecule has 0 unspecified atom stereocenters. The average Bonchev–Trinajstić information content (AvgIpc) is 2.53. The zero-order valence-corrected chi connectivity index (χ0v) is 6.45.